The summed E-state index contributed by atoms with van der Waals surface area (Å²) in [7, 11) is 0. The van der Waals surface area contributed by atoms with Gasteiger partial charge >= 0.3 is 0 Å². The zero-order valence-electron chi connectivity index (χ0n) is 14.4. The number of carbonyl (C=O) groups is 2. The number of carbonyl (C=O) groups excluding carboxylic acids is 2. The summed E-state index contributed by atoms with van der Waals surface area (Å²) < 4.78 is 0.755. The number of aromatic nitrogens is 2. The van der Waals surface area contributed by atoms with Gasteiger partial charge in [-0.1, -0.05) is 36.9 Å². The second-order valence-corrected chi connectivity index (χ2v) is 9.11. The summed E-state index contributed by atoms with van der Waals surface area (Å²) in [5, 5.41) is 8.95. The van der Waals surface area contributed by atoms with Crippen molar-refractivity contribution in [1.29, 1.82) is 0 Å². The van der Waals surface area contributed by atoms with E-state index in [9.17, 15) is 9.59 Å². The average Bonchev–Trinajstić information content (AvgIpc) is 3.42. The minimum atomic E-state index is 0.0121. The molecule has 0 aliphatic heterocycles. The fraction of sp³-hybridized carbons (Fsp3) is 0.750. The van der Waals surface area contributed by atoms with Crippen LogP contribution in [0.2, 0.25) is 0 Å². The fourth-order valence-electron chi connectivity index (χ4n) is 2.68. The second kappa shape index (κ2) is 7.39. The van der Waals surface area contributed by atoms with Gasteiger partial charge in [0, 0.05) is 25.6 Å². The van der Waals surface area contributed by atoms with Gasteiger partial charge in [0.15, 0.2) is 4.34 Å². The topological polar surface area (TPSA) is 66.4 Å². The molecule has 1 heterocycles. The molecule has 1 aromatic rings. The molecule has 1 aromatic heterocycles. The summed E-state index contributed by atoms with van der Waals surface area (Å²) in [5.74, 6) is 1.06. The molecule has 0 aromatic carbocycles. The van der Waals surface area contributed by atoms with Gasteiger partial charge in [-0.15, -0.1) is 10.2 Å². The molecule has 0 saturated heterocycles. The molecule has 2 saturated carbocycles. The molecule has 0 unspecified atom stereocenters. The number of amides is 2. The lowest BCUT2D eigenvalue weighted by atomic mass is 10.2. The van der Waals surface area contributed by atoms with Crippen molar-refractivity contribution in [2.24, 2.45) is 5.92 Å². The highest BCUT2D eigenvalue weighted by Gasteiger charge is 2.35. The zero-order chi connectivity index (χ0) is 17.3. The second-order valence-electron chi connectivity index (χ2n) is 6.93. The smallest absolute Gasteiger partial charge is 0.233 e. The highest BCUT2D eigenvalue weighted by Crippen LogP contribution is 2.36. The van der Waals surface area contributed by atoms with E-state index in [-0.39, 0.29) is 17.9 Å². The van der Waals surface area contributed by atoms with E-state index in [2.05, 4.69) is 24.0 Å². The van der Waals surface area contributed by atoms with Crippen molar-refractivity contribution in [3.05, 3.63) is 0 Å². The van der Waals surface area contributed by atoms with Crippen LogP contribution in [0.25, 0.3) is 0 Å². The van der Waals surface area contributed by atoms with Crippen molar-refractivity contribution in [3.63, 3.8) is 0 Å². The summed E-state index contributed by atoms with van der Waals surface area (Å²) in [6.45, 7) is 6.67. The number of rotatable bonds is 8. The van der Waals surface area contributed by atoms with E-state index < -0.39 is 0 Å². The Balaban J connectivity index is 1.56. The first kappa shape index (κ1) is 17.7. The van der Waals surface area contributed by atoms with E-state index in [1.807, 2.05) is 4.90 Å². The molecule has 0 radical (unpaired) electrons. The first-order valence-electron chi connectivity index (χ1n) is 8.51. The van der Waals surface area contributed by atoms with E-state index in [0.29, 0.717) is 22.8 Å². The first-order chi connectivity index (χ1) is 11.5. The van der Waals surface area contributed by atoms with Crippen molar-refractivity contribution < 1.29 is 9.59 Å². The quantitative estimate of drug-likeness (QED) is 0.521. The molecular weight excluding hydrogens is 344 g/mol. The van der Waals surface area contributed by atoms with Gasteiger partial charge in [0.2, 0.25) is 16.9 Å². The van der Waals surface area contributed by atoms with Crippen LogP contribution in [0.4, 0.5) is 5.13 Å². The molecule has 0 bridgehead atoms. The van der Waals surface area contributed by atoms with Gasteiger partial charge in [-0.3, -0.25) is 14.5 Å². The van der Waals surface area contributed by atoms with Crippen LogP contribution in [0, 0.1) is 5.92 Å². The molecule has 2 fully saturated rings. The van der Waals surface area contributed by atoms with Crippen LogP contribution in [-0.4, -0.2) is 51.3 Å². The Morgan fingerprint density at radius 3 is 2.42 bits per heavy atom. The molecule has 24 heavy (non-hydrogen) atoms. The number of thioether (sulfide) groups is 1. The maximum Gasteiger partial charge on any atom is 0.233 e. The number of hydrogen-bond donors (Lipinski definition) is 0. The summed E-state index contributed by atoms with van der Waals surface area (Å²) >= 11 is 2.83. The summed E-state index contributed by atoms with van der Waals surface area (Å²) in [5.41, 5.74) is 0. The minimum absolute atomic E-state index is 0.0121. The molecule has 0 spiro atoms. The van der Waals surface area contributed by atoms with Gasteiger partial charge in [0.25, 0.3) is 0 Å². The maximum atomic E-state index is 12.5. The molecule has 3 rings (SSSR count). The molecule has 2 amide bonds. The molecule has 0 N–H and O–H groups in total. The standard InChI is InChI=1S/C16H24N4O2S2/c1-10(2)8-19(12-4-5-12)14(22)9-23-16-18-17-15(24-16)20(11(3)21)13-6-7-13/h10,12-13H,4-9H2,1-3H3. The molecule has 2 aliphatic rings. The molecule has 6 nitrogen and oxygen atoms in total. The third-order valence-electron chi connectivity index (χ3n) is 4.04. The van der Waals surface area contributed by atoms with Gasteiger partial charge in [-0.25, -0.2) is 0 Å². The van der Waals surface area contributed by atoms with Crippen molar-refractivity contribution >= 4 is 40.0 Å². The SMILES string of the molecule is CC(=O)N(c1nnc(SCC(=O)N(CC(C)C)C2CC2)s1)C1CC1. The Kier molecular flexibility index (Phi) is 5.44. The zero-order valence-corrected chi connectivity index (χ0v) is 16.0. The normalized spacial score (nSPS) is 17.2. The third kappa shape index (κ3) is 4.47. The molecule has 8 heteroatoms. The molecule has 132 valence electrons. The van der Waals surface area contributed by atoms with Crippen molar-refractivity contribution in [2.45, 2.75) is 62.9 Å². The minimum Gasteiger partial charge on any atom is -0.339 e. The lowest BCUT2D eigenvalue weighted by Crippen LogP contribution is -2.37. The Labute approximate surface area is 151 Å². The Morgan fingerprint density at radius 1 is 1.21 bits per heavy atom. The number of anilines is 1. The van der Waals surface area contributed by atoms with E-state index >= 15 is 0 Å². The number of nitrogens with zero attached hydrogens (tertiary/aromatic N) is 4. The highest BCUT2D eigenvalue weighted by molar-refractivity contribution is 8.01. The predicted molar refractivity (Wildman–Crippen MR) is 96.4 cm³/mol. The lowest BCUT2D eigenvalue weighted by molar-refractivity contribution is -0.129. The van der Waals surface area contributed by atoms with Gasteiger partial charge in [0.1, 0.15) is 0 Å². The monoisotopic (exact) mass is 368 g/mol. The van der Waals surface area contributed by atoms with Crippen molar-refractivity contribution in [3.8, 4) is 0 Å². The third-order valence-corrected chi connectivity index (χ3v) is 6.08. The van der Waals surface area contributed by atoms with E-state index in [1.165, 1.54) is 23.1 Å². The van der Waals surface area contributed by atoms with Crippen molar-refractivity contribution in [2.75, 3.05) is 17.2 Å². The molecule has 0 atom stereocenters. The van der Waals surface area contributed by atoms with Crippen LogP contribution in [0.5, 0.6) is 0 Å². The van der Waals surface area contributed by atoms with Gasteiger partial charge < -0.3 is 4.90 Å². The van der Waals surface area contributed by atoms with Crippen LogP contribution in [0.3, 0.4) is 0 Å². The van der Waals surface area contributed by atoms with Gasteiger partial charge in [-0.2, -0.15) is 0 Å². The van der Waals surface area contributed by atoms with E-state index in [0.717, 1.165) is 36.6 Å². The van der Waals surface area contributed by atoms with E-state index in [1.54, 1.807) is 11.8 Å². The Bertz CT molecular complexity index is 611. The summed E-state index contributed by atoms with van der Waals surface area (Å²) in [4.78, 5) is 28.0. The van der Waals surface area contributed by atoms with Crippen LogP contribution >= 0.6 is 23.1 Å². The van der Waals surface area contributed by atoms with Crippen LogP contribution in [-0.2, 0) is 9.59 Å². The summed E-state index contributed by atoms with van der Waals surface area (Å²) in [6, 6.07) is 0.722. The molecular formula is C16H24N4O2S2. The first-order valence-corrected chi connectivity index (χ1v) is 10.3. The highest BCUT2D eigenvalue weighted by atomic mass is 32.2. The van der Waals surface area contributed by atoms with Gasteiger partial charge in [-0.05, 0) is 31.6 Å². The fourth-order valence-corrected chi connectivity index (χ4v) is 4.52. The van der Waals surface area contributed by atoms with Crippen LogP contribution in [0.1, 0.15) is 46.5 Å². The largest absolute Gasteiger partial charge is 0.339 e. The Hall–Kier alpha value is -1.15. The number of hydrogen-bond acceptors (Lipinski definition) is 6. The van der Waals surface area contributed by atoms with Gasteiger partial charge in [0.05, 0.1) is 5.75 Å². The lowest BCUT2D eigenvalue weighted by Gasteiger charge is -2.24. The average molecular weight is 369 g/mol. The van der Waals surface area contributed by atoms with E-state index in [4.69, 9.17) is 0 Å². The van der Waals surface area contributed by atoms with Crippen LogP contribution < -0.4 is 4.90 Å². The maximum absolute atomic E-state index is 12.5. The van der Waals surface area contributed by atoms with Crippen molar-refractivity contribution in [1.82, 2.24) is 15.1 Å². The van der Waals surface area contributed by atoms with Crippen LogP contribution in [0.15, 0.2) is 4.34 Å². The Morgan fingerprint density at radius 2 is 1.88 bits per heavy atom. The predicted octanol–water partition coefficient (Wildman–Crippen LogP) is 2.79. The summed E-state index contributed by atoms with van der Waals surface area (Å²) in [6.07, 6.45) is 4.32. The molecule has 2 aliphatic carbocycles.